The molecule has 0 radical (unpaired) electrons. The zero-order valence-corrected chi connectivity index (χ0v) is 12.2. The van der Waals surface area contributed by atoms with Crippen molar-refractivity contribution in [1.29, 1.82) is 0 Å². The van der Waals surface area contributed by atoms with Crippen LogP contribution in [0, 0.1) is 0 Å². The molecule has 3 heterocycles. The Morgan fingerprint density at radius 1 is 0.812 bits per heavy atom. The van der Waals surface area contributed by atoms with Crippen LogP contribution in [0.5, 0.6) is 0 Å². The third kappa shape index (κ3) is 1.91. The zero-order chi connectivity index (χ0) is 11.0. The lowest BCUT2D eigenvalue weighted by molar-refractivity contribution is 1.85. The Morgan fingerprint density at radius 3 is 2.38 bits per heavy atom. The van der Waals surface area contributed by atoms with E-state index in [1.165, 1.54) is 24.0 Å². The first-order valence-electron chi connectivity index (χ1n) is 4.71. The zero-order valence-electron chi connectivity index (χ0n) is 8.14. The van der Waals surface area contributed by atoms with Crippen LogP contribution in [-0.2, 0) is 0 Å². The first kappa shape index (κ1) is 10.7. The van der Waals surface area contributed by atoms with E-state index in [1.807, 2.05) is 11.3 Å². The molecule has 16 heavy (non-hydrogen) atoms. The molecule has 80 valence electrons. The molecule has 0 aromatic carbocycles. The van der Waals surface area contributed by atoms with Crippen molar-refractivity contribution in [2.24, 2.45) is 0 Å². The number of thiophene rings is 3. The van der Waals surface area contributed by atoms with Crippen molar-refractivity contribution >= 4 is 49.9 Å². The molecule has 3 rings (SSSR count). The van der Waals surface area contributed by atoms with Gasteiger partial charge in [-0.3, -0.25) is 0 Å². The van der Waals surface area contributed by atoms with Gasteiger partial charge in [-0.15, -0.1) is 34.0 Å². The second-order valence-corrected chi connectivity index (χ2v) is 7.04. The normalized spacial score (nSPS) is 10.8. The van der Waals surface area contributed by atoms with Crippen LogP contribution in [0.1, 0.15) is 0 Å². The standard InChI is InChI=1S/C12H7BrS3/c13-8-5-7-15-12(8)11-4-3-10(16-11)9-2-1-6-14-9/h1-7H. The summed E-state index contributed by atoms with van der Waals surface area (Å²) >= 11 is 9.01. The predicted molar refractivity (Wildman–Crippen MR) is 78.6 cm³/mol. The molecule has 0 fully saturated rings. The summed E-state index contributed by atoms with van der Waals surface area (Å²) in [7, 11) is 0. The van der Waals surface area contributed by atoms with E-state index in [9.17, 15) is 0 Å². The van der Waals surface area contributed by atoms with Crippen LogP contribution in [0.3, 0.4) is 0 Å². The number of halogens is 1. The highest BCUT2D eigenvalue weighted by Crippen LogP contribution is 2.41. The fourth-order valence-corrected chi connectivity index (χ4v) is 5.18. The Balaban J connectivity index is 2.03. The van der Waals surface area contributed by atoms with Crippen LogP contribution in [0.2, 0.25) is 0 Å². The van der Waals surface area contributed by atoms with Crippen LogP contribution < -0.4 is 0 Å². The van der Waals surface area contributed by atoms with E-state index < -0.39 is 0 Å². The maximum absolute atomic E-state index is 3.58. The molecule has 0 saturated heterocycles. The van der Waals surface area contributed by atoms with Gasteiger partial charge in [0.15, 0.2) is 0 Å². The fourth-order valence-electron chi connectivity index (χ4n) is 1.48. The summed E-state index contributed by atoms with van der Waals surface area (Å²) in [6, 6.07) is 10.8. The Kier molecular flexibility index (Phi) is 2.98. The summed E-state index contributed by atoms with van der Waals surface area (Å²) in [5.41, 5.74) is 0. The molecular formula is C12H7BrS3. The maximum atomic E-state index is 3.58. The van der Waals surface area contributed by atoms with Gasteiger partial charge < -0.3 is 0 Å². The number of hydrogen-bond donors (Lipinski definition) is 0. The minimum atomic E-state index is 1.19. The molecule has 0 amide bonds. The summed E-state index contributed by atoms with van der Waals surface area (Å²) < 4.78 is 1.19. The van der Waals surface area contributed by atoms with Gasteiger partial charge in [0.2, 0.25) is 0 Å². The van der Waals surface area contributed by atoms with Gasteiger partial charge in [-0.25, -0.2) is 0 Å². The van der Waals surface area contributed by atoms with Crippen LogP contribution >= 0.6 is 49.9 Å². The molecule has 3 aromatic heterocycles. The van der Waals surface area contributed by atoms with Crippen molar-refractivity contribution in [3.05, 3.63) is 45.6 Å². The molecule has 0 spiro atoms. The summed E-state index contributed by atoms with van der Waals surface area (Å²) in [4.78, 5) is 5.37. The van der Waals surface area contributed by atoms with Gasteiger partial charge in [-0.05, 0) is 51.0 Å². The van der Waals surface area contributed by atoms with Gasteiger partial charge in [0, 0.05) is 19.1 Å². The molecule has 0 nitrogen and oxygen atoms in total. The lowest BCUT2D eigenvalue weighted by Crippen LogP contribution is -1.61. The highest BCUT2D eigenvalue weighted by atomic mass is 79.9. The van der Waals surface area contributed by atoms with Crippen LogP contribution in [0.25, 0.3) is 19.5 Å². The summed E-state index contributed by atoms with van der Waals surface area (Å²) in [6.45, 7) is 0. The Bertz CT molecular complexity index is 589. The molecule has 0 aliphatic carbocycles. The quantitative estimate of drug-likeness (QED) is 0.544. The van der Waals surface area contributed by atoms with Crippen LogP contribution in [0.4, 0.5) is 0 Å². The van der Waals surface area contributed by atoms with E-state index in [2.05, 4.69) is 57.0 Å². The van der Waals surface area contributed by atoms with E-state index in [1.54, 1.807) is 22.7 Å². The minimum absolute atomic E-state index is 1.19. The lowest BCUT2D eigenvalue weighted by Gasteiger charge is -1.92. The largest absolute Gasteiger partial charge is 0.143 e. The SMILES string of the molecule is Brc1ccsc1-c1ccc(-c2cccs2)s1. The van der Waals surface area contributed by atoms with Gasteiger partial charge >= 0.3 is 0 Å². The van der Waals surface area contributed by atoms with Crippen molar-refractivity contribution in [3.8, 4) is 19.5 Å². The van der Waals surface area contributed by atoms with Gasteiger partial charge in [-0.1, -0.05) is 6.07 Å². The molecule has 0 unspecified atom stereocenters. The Hall–Kier alpha value is -0.420. The Labute approximate surface area is 114 Å². The first-order chi connectivity index (χ1) is 7.84. The predicted octanol–water partition coefficient (Wildman–Crippen LogP) is 5.97. The van der Waals surface area contributed by atoms with Crippen molar-refractivity contribution in [3.63, 3.8) is 0 Å². The summed E-state index contributed by atoms with van der Waals surface area (Å²) in [5.74, 6) is 0. The maximum Gasteiger partial charge on any atom is 0.0584 e. The second-order valence-electron chi connectivity index (χ2n) is 3.24. The first-order valence-corrected chi connectivity index (χ1v) is 8.08. The van der Waals surface area contributed by atoms with Crippen molar-refractivity contribution in [1.82, 2.24) is 0 Å². The van der Waals surface area contributed by atoms with E-state index in [0.29, 0.717) is 0 Å². The van der Waals surface area contributed by atoms with Crippen molar-refractivity contribution < 1.29 is 0 Å². The lowest BCUT2D eigenvalue weighted by atomic mass is 10.3. The van der Waals surface area contributed by atoms with Gasteiger partial charge in [0.1, 0.15) is 0 Å². The average molecular weight is 327 g/mol. The third-order valence-electron chi connectivity index (χ3n) is 2.21. The minimum Gasteiger partial charge on any atom is -0.143 e. The second kappa shape index (κ2) is 4.45. The molecule has 4 heteroatoms. The molecule has 0 saturated carbocycles. The fraction of sp³-hybridized carbons (Fsp3) is 0. The molecule has 0 aliphatic heterocycles. The highest BCUT2D eigenvalue weighted by molar-refractivity contribution is 9.10. The van der Waals surface area contributed by atoms with Crippen molar-refractivity contribution in [2.75, 3.05) is 0 Å². The summed E-state index contributed by atoms with van der Waals surface area (Å²) in [5, 5.41) is 4.24. The monoisotopic (exact) mass is 326 g/mol. The van der Waals surface area contributed by atoms with Gasteiger partial charge in [0.25, 0.3) is 0 Å². The van der Waals surface area contributed by atoms with E-state index in [0.717, 1.165) is 0 Å². The van der Waals surface area contributed by atoms with E-state index in [4.69, 9.17) is 0 Å². The topological polar surface area (TPSA) is 0 Å². The molecule has 0 bridgehead atoms. The highest BCUT2D eigenvalue weighted by Gasteiger charge is 2.09. The molecule has 0 aliphatic rings. The van der Waals surface area contributed by atoms with E-state index in [-0.39, 0.29) is 0 Å². The van der Waals surface area contributed by atoms with E-state index >= 15 is 0 Å². The average Bonchev–Trinajstić information content (AvgIpc) is 2.96. The number of hydrogen-bond acceptors (Lipinski definition) is 3. The molecule has 0 N–H and O–H groups in total. The smallest absolute Gasteiger partial charge is 0.0584 e. The molecule has 0 atom stereocenters. The summed E-state index contributed by atoms with van der Waals surface area (Å²) in [6.07, 6.45) is 0. The van der Waals surface area contributed by atoms with Crippen LogP contribution in [0.15, 0.2) is 45.6 Å². The van der Waals surface area contributed by atoms with Gasteiger partial charge in [-0.2, -0.15) is 0 Å². The number of rotatable bonds is 2. The van der Waals surface area contributed by atoms with Gasteiger partial charge in [0.05, 0.1) is 4.88 Å². The Morgan fingerprint density at radius 2 is 1.69 bits per heavy atom. The van der Waals surface area contributed by atoms with Crippen LogP contribution in [-0.4, -0.2) is 0 Å². The van der Waals surface area contributed by atoms with Crippen molar-refractivity contribution in [2.45, 2.75) is 0 Å². The third-order valence-corrected chi connectivity index (χ3v) is 6.38. The molecule has 3 aromatic rings. The molecular weight excluding hydrogens is 320 g/mol.